The Labute approximate surface area is 296 Å². The van der Waals surface area contributed by atoms with E-state index in [1.165, 1.54) is 54.7 Å². The zero-order chi connectivity index (χ0) is 33.7. The molecule has 8 aromatic carbocycles. The van der Waals surface area contributed by atoms with Crippen LogP contribution in [0.15, 0.2) is 200 Å². The van der Waals surface area contributed by atoms with Crippen LogP contribution in [0.5, 0.6) is 0 Å². The number of para-hydroxylation sites is 4. The van der Waals surface area contributed by atoms with Crippen LogP contribution in [-0.2, 0) is 0 Å². The minimum absolute atomic E-state index is 1.12. The topological polar surface area (TPSA) is 13.1 Å². The molecule has 3 heteroatoms. The Kier molecular flexibility index (Phi) is 6.81. The smallest absolute Gasteiger partial charge is 0.131 e. The van der Waals surface area contributed by atoms with Crippen LogP contribution in [0.1, 0.15) is 0 Å². The number of hydrogen-bond donors (Lipinski definition) is 0. The molecule has 2 heterocycles. The number of nitrogens with zero attached hydrogens (tertiary/aromatic N) is 3. The van der Waals surface area contributed by atoms with E-state index in [-0.39, 0.29) is 0 Å². The van der Waals surface area contributed by atoms with Gasteiger partial charge in [-0.25, -0.2) is 0 Å². The van der Waals surface area contributed by atoms with Crippen molar-refractivity contribution in [3.8, 4) is 22.5 Å². The Bertz CT molecular complexity index is 2830. The van der Waals surface area contributed by atoms with Gasteiger partial charge in [-0.2, -0.15) is 0 Å². The molecule has 0 radical (unpaired) electrons. The molecule has 51 heavy (non-hydrogen) atoms. The number of hydrogen-bond acceptors (Lipinski definition) is 1. The van der Waals surface area contributed by atoms with E-state index in [9.17, 15) is 0 Å². The maximum Gasteiger partial charge on any atom is 0.131 e. The number of aromatic nitrogens is 2. The minimum Gasteiger partial charge on any atom is -0.310 e. The number of anilines is 3. The zero-order valence-corrected chi connectivity index (χ0v) is 27.9. The predicted octanol–water partition coefficient (Wildman–Crippen LogP) is 13.0. The van der Waals surface area contributed by atoms with E-state index in [1.807, 2.05) is 0 Å². The molecule has 10 rings (SSSR count). The van der Waals surface area contributed by atoms with Gasteiger partial charge in [0.05, 0.1) is 16.7 Å². The first-order valence-electron chi connectivity index (χ1n) is 17.5. The molecule has 0 atom stereocenters. The Morgan fingerprint density at radius 2 is 0.882 bits per heavy atom. The van der Waals surface area contributed by atoms with Crippen molar-refractivity contribution in [3.05, 3.63) is 200 Å². The van der Waals surface area contributed by atoms with Gasteiger partial charge in [0, 0.05) is 44.3 Å². The molecule has 0 saturated heterocycles. The summed E-state index contributed by atoms with van der Waals surface area (Å²) in [5.41, 5.74) is 11.6. The Balaban J connectivity index is 1.16. The SMILES string of the molecule is c1ccc(N(c2ccc(-c3ccc4c(c3)c3c5ccccc5n(-c5ccccc5)c3n4-c3ccccc3)cc2)c2cccc3ccccc23)cc1. The average Bonchev–Trinajstić information content (AvgIpc) is 3.72. The van der Waals surface area contributed by atoms with Crippen molar-refractivity contribution in [2.24, 2.45) is 0 Å². The maximum atomic E-state index is 2.42. The normalized spacial score (nSPS) is 11.5. The number of fused-ring (bicyclic) bond motifs is 6. The predicted molar refractivity (Wildman–Crippen MR) is 215 cm³/mol. The minimum atomic E-state index is 1.12. The van der Waals surface area contributed by atoms with E-state index in [1.54, 1.807) is 0 Å². The third kappa shape index (κ3) is 4.74. The summed E-state index contributed by atoms with van der Waals surface area (Å²) in [5, 5.41) is 6.20. The third-order valence-corrected chi connectivity index (χ3v) is 10.1. The summed E-state index contributed by atoms with van der Waals surface area (Å²) < 4.78 is 4.84. The maximum absolute atomic E-state index is 2.42. The molecule has 10 aromatic rings. The van der Waals surface area contributed by atoms with Gasteiger partial charge < -0.3 is 4.90 Å². The molecule has 0 fully saturated rings. The van der Waals surface area contributed by atoms with Gasteiger partial charge in [0.1, 0.15) is 5.65 Å². The lowest BCUT2D eigenvalue weighted by Gasteiger charge is -2.27. The fourth-order valence-electron chi connectivity index (χ4n) is 7.82. The van der Waals surface area contributed by atoms with Crippen molar-refractivity contribution in [1.29, 1.82) is 0 Å². The monoisotopic (exact) mass is 651 g/mol. The van der Waals surface area contributed by atoms with Gasteiger partial charge in [0.2, 0.25) is 0 Å². The highest BCUT2D eigenvalue weighted by Crippen LogP contribution is 2.43. The number of benzene rings is 8. The van der Waals surface area contributed by atoms with Crippen LogP contribution in [0.25, 0.3) is 66.1 Å². The van der Waals surface area contributed by atoms with Crippen molar-refractivity contribution in [2.45, 2.75) is 0 Å². The molecular weight excluding hydrogens is 619 g/mol. The molecule has 3 nitrogen and oxygen atoms in total. The molecule has 0 saturated carbocycles. The highest BCUT2D eigenvalue weighted by atomic mass is 15.1. The van der Waals surface area contributed by atoms with E-state index in [0.717, 1.165) is 28.4 Å². The lowest BCUT2D eigenvalue weighted by Crippen LogP contribution is -2.10. The Morgan fingerprint density at radius 1 is 0.353 bits per heavy atom. The quantitative estimate of drug-likeness (QED) is 0.174. The molecule has 0 amide bonds. The Morgan fingerprint density at radius 3 is 1.59 bits per heavy atom. The summed E-state index contributed by atoms with van der Waals surface area (Å²) in [6, 6.07) is 72.0. The van der Waals surface area contributed by atoms with Crippen LogP contribution in [0, 0.1) is 0 Å². The van der Waals surface area contributed by atoms with E-state index in [4.69, 9.17) is 0 Å². The molecule has 2 aromatic heterocycles. The summed E-state index contributed by atoms with van der Waals surface area (Å²) in [6.45, 7) is 0. The summed E-state index contributed by atoms with van der Waals surface area (Å²) in [4.78, 5) is 2.36. The van der Waals surface area contributed by atoms with Gasteiger partial charge in [-0.3, -0.25) is 9.13 Å². The molecule has 0 aliphatic heterocycles. The van der Waals surface area contributed by atoms with Gasteiger partial charge in [0.25, 0.3) is 0 Å². The standard InChI is InChI=1S/C48H33N3/c1-4-17-37(18-5-1)49(44-26-14-16-35-15-10-11-23-41(35)44)40-30-27-34(28-31-40)36-29-32-46-43(33-36)47-42-24-12-13-25-45(42)50(38-19-6-2-7-20-38)48(47)51(46)39-21-8-3-9-22-39/h1-33H. The van der Waals surface area contributed by atoms with E-state index >= 15 is 0 Å². The second-order valence-electron chi connectivity index (χ2n) is 13.0. The van der Waals surface area contributed by atoms with Gasteiger partial charge in [-0.15, -0.1) is 0 Å². The van der Waals surface area contributed by atoms with Crippen molar-refractivity contribution < 1.29 is 0 Å². The first-order chi connectivity index (χ1) is 25.3. The molecule has 0 N–H and O–H groups in total. The van der Waals surface area contributed by atoms with E-state index in [0.29, 0.717) is 0 Å². The highest BCUT2D eigenvalue weighted by molar-refractivity contribution is 6.23. The van der Waals surface area contributed by atoms with E-state index < -0.39 is 0 Å². The van der Waals surface area contributed by atoms with Crippen molar-refractivity contribution in [1.82, 2.24) is 9.13 Å². The van der Waals surface area contributed by atoms with Crippen LogP contribution in [-0.4, -0.2) is 9.13 Å². The average molecular weight is 652 g/mol. The van der Waals surface area contributed by atoms with E-state index in [2.05, 4.69) is 214 Å². The summed E-state index contributed by atoms with van der Waals surface area (Å²) >= 11 is 0. The second-order valence-corrected chi connectivity index (χ2v) is 13.0. The molecule has 0 bridgehead atoms. The first kappa shape index (κ1) is 29.1. The Hall–Kier alpha value is -6.84. The molecular formula is C48H33N3. The molecule has 240 valence electrons. The van der Waals surface area contributed by atoms with Crippen LogP contribution >= 0.6 is 0 Å². The van der Waals surface area contributed by atoms with Gasteiger partial charge >= 0.3 is 0 Å². The van der Waals surface area contributed by atoms with Crippen LogP contribution in [0.2, 0.25) is 0 Å². The zero-order valence-electron chi connectivity index (χ0n) is 27.9. The highest BCUT2D eigenvalue weighted by Gasteiger charge is 2.22. The van der Waals surface area contributed by atoms with Crippen molar-refractivity contribution >= 4 is 60.7 Å². The second kappa shape index (κ2) is 11.9. The van der Waals surface area contributed by atoms with Gasteiger partial charge in [-0.1, -0.05) is 127 Å². The lowest BCUT2D eigenvalue weighted by molar-refractivity contribution is 1.07. The largest absolute Gasteiger partial charge is 0.310 e. The fourth-order valence-corrected chi connectivity index (χ4v) is 7.82. The van der Waals surface area contributed by atoms with Gasteiger partial charge in [0.15, 0.2) is 0 Å². The van der Waals surface area contributed by atoms with Crippen LogP contribution in [0.3, 0.4) is 0 Å². The third-order valence-electron chi connectivity index (χ3n) is 10.1. The first-order valence-corrected chi connectivity index (χ1v) is 17.5. The van der Waals surface area contributed by atoms with Crippen molar-refractivity contribution in [2.75, 3.05) is 4.90 Å². The summed E-state index contributed by atoms with van der Waals surface area (Å²) in [6.07, 6.45) is 0. The molecule has 0 spiro atoms. The molecule has 0 aliphatic carbocycles. The van der Waals surface area contributed by atoms with Crippen LogP contribution in [0.4, 0.5) is 17.1 Å². The number of rotatable bonds is 6. The van der Waals surface area contributed by atoms with Crippen molar-refractivity contribution in [3.63, 3.8) is 0 Å². The van der Waals surface area contributed by atoms with Gasteiger partial charge in [-0.05, 0) is 89.3 Å². The van der Waals surface area contributed by atoms with Crippen LogP contribution < -0.4 is 4.90 Å². The summed E-state index contributed by atoms with van der Waals surface area (Å²) in [5.74, 6) is 0. The fraction of sp³-hybridized carbons (Fsp3) is 0. The summed E-state index contributed by atoms with van der Waals surface area (Å²) in [7, 11) is 0. The lowest BCUT2D eigenvalue weighted by atomic mass is 10.0. The molecule has 0 aliphatic rings. The molecule has 0 unspecified atom stereocenters.